The Morgan fingerprint density at radius 2 is 1.92 bits per heavy atom. The largest absolute Gasteiger partial charge is 0.263 e. The predicted octanol–water partition coefficient (Wildman–Crippen LogP) is 2.62. The van der Waals surface area contributed by atoms with Gasteiger partial charge in [-0.2, -0.15) is 0 Å². The summed E-state index contributed by atoms with van der Waals surface area (Å²) in [5.74, 6) is 3.17. The molecule has 0 N–H and O–H groups in total. The molecule has 0 unspecified atom stereocenters. The number of pyridine rings is 1. The summed E-state index contributed by atoms with van der Waals surface area (Å²) in [5, 5.41) is 0. The highest BCUT2D eigenvalue weighted by Crippen LogP contribution is 2.01. The molecule has 0 aromatic carbocycles. The molecule has 0 atom stereocenters. The minimum Gasteiger partial charge on any atom is -0.263 e. The van der Waals surface area contributed by atoms with Gasteiger partial charge in [0.25, 0.3) is 0 Å². The summed E-state index contributed by atoms with van der Waals surface area (Å²) in [6.07, 6.45) is 3.67. The molecule has 0 radical (unpaired) electrons. The van der Waals surface area contributed by atoms with E-state index in [2.05, 4.69) is 42.2 Å². The summed E-state index contributed by atoms with van der Waals surface area (Å²) in [6.45, 7) is 8.75. The molecule has 0 fully saturated rings. The second-order valence-electron chi connectivity index (χ2n) is 4.25. The summed E-state index contributed by atoms with van der Waals surface area (Å²) in [7, 11) is -1.25. The lowest BCUT2D eigenvalue weighted by Gasteiger charge is -2.03. The normalized spacial score (nSPS) is 10.5. The molecule has 1 nitrogen and oxygen atoms in total. The molecular weight excluding hydrogens is 174 g/mol. The van der Waals surface area contributed by atoms with E-state index in [-0.39, 0.29) is 0 Å². The van der Waals surface area contributed by atoms with E-state index in [1.807, 2.05) is 19.3 Å². The van der Waals surface area contributed by atoms with E-state index in [0.29, 0.717) is 0 Å². The first-order chi connectivity index (χ1) is 5.97. The first-order valence-electron chi connectivity index (χ1n) is 4.42. The maximum Gasteiger partial charge on any atom is 0.129 e. The molecule has 0 bridgehead atoms. The average Bonchev–Trinajstić information content (AvgIpc) is 2.00. The quantitative estimate of drug-likeness (QED) is 0.451. The zero-order valence-electron chi connectivity index (χ0n) is 8.68. The predicted molar refractivity (Wildman–Crippen MR) is 59.2 cm³/mol. The molecular formula is C11H15NSi. The molecule has 0 aliphatic heterocycles. The number of aryl methyl sites for hydroxylation is 1. The van der Waals surface area contributed by atoms with E-state index < -0.39 is 8.07 Å². The van der Waals surface area contributed by atoms with Crippen molar-refractivity contribution >= 4 is 8.07 Å². The lowest BCUT2D eigenvalue weighted by Crippen LogP contribution is -2.16. The number of hydrogen-bond acceptors (Lipinski definition) is 1. The second kappa shape index (κ2) is 3.76. The number of nitrogens with zero attached hydrogens (tertiary/aromatic N) is 1. The highest BCUT2D eigenvalue weighted by Gasteiger charge is 2.07. The van der Waals surface area contributed by atoms with Gasteiger partial charge < -0.3 is 0 Å². The summed E-state index contributed by atoms with van der Waals surface area (Å²) in [4.78, 5) is 4.10. The van der Waals surface area contributed by atoms with E-state index in [1.54, 1.807) is 0 Å². The maximum absolute atomic E-state index is 4.10. The van der Waals surface area contributed by atoms with Gasteiger partial charge in [-0.25, -0.2) is 0 Å². The molecule has 0 aliphatic rings. The van der Waals surface area contributed by atoms with Gasteiger partial charge in [-0.3, -0.25) is 4.98 Å². The Bertz CT molecular complexity index is 352. The molecule has 68 valence electrons. The van der Waals surface area contributed by atoms with Gasteiger partial charge in [-0.15, -0.1) is 5.54 Å². The van der Waals surface area contributed by atoms with Gasteiger partial charge in [-0.1, -0.05) is 25.6 Å². The molecule has 13 heavy (non-hydrogen) atoms. The molecule has 1 aromatic rings. The Labute approximate surface area is 81.2 Å². The number of aromatic nitrogens is 1. The van der Waals surface area contributed by atoms with Gasteiger partial charge in [0.15, 0.2) is 0 Å². The fourth-order valence-corrected chi connectivity index (χ4v) is 1.40. The first kappa shape index (κ1) is 10.0. The molecule has 1 aromatic heterocycles. The van der Waals surface area contributed by atoms with Gasteiger partial charge in [0, 0.05) is 18.0 Å². The van der Waals surface area contributed by atoms with Crippen LogP contribution in [0.3, 0.4) is 0 Å². The van der Waals surface area contributed by atoms with Crippen molar-refractivity contribution in [2.24, 2.45) is 0 Å². The summed E-state index contributed by atoms with van der Waals surface area (Å²) in [5.41, 5.74) is 5.51. The van der Waals surface area contributed by atoms with E-state index in [9.17, 15) is 0 Å². The number of hydrogen-bond donors (Lipinski definition) is 0. The van der Waals surface area contributed by atoms with E-state index in [1.165, 1.54) is 5.56 Å². The Balaban J connectivity index is 2.90. The lowest BCUT2D eigenvalue weighted by molar-refractivity contribution is 1.26. The van der Waals surface area contributed by atoms with Crippen molar-refractivity contribution in [3.8, 4) is 11.5 Å². The fourth-order valence-electron chi connectivity index (χ4n) is 0.883. The van der Waals surface area contributed by atoms with Gasteiger partial charge in [-0.05, 0) is 18.6 Å². The minimum atomic E-state index is -1.25. The third-order valence-electron chi connectivity index (χ3n) is 1.46. The van der Waals surface area contributed by atoms with Crippen molar-refractivity contribution < 1.29 is 0 Å². The van der Waals surface area contributed by atoms with Crippen LogP contribution in [-0.2, 0) is 0 Å². The van der Waals surface area contributed by atoms with Crippen LogP contribution in [0.15, 0.2) is 18.5 Å². The zero-order valence-corrected chi connectivity index (χ0v) is 9.68. The van der Waals surface area contributed by atoms with Gasteiger partial charge in [0.2, 0.25) is 0 Å². The molecule has 2 heteroatoms. The third-order valence-corrected chi connectivity index (χ3v) is 2.33. The third kappa shape index (κ3) is 3.91. The number of rotatable bonds is 0. The highest BCUT2D eigenvalue weighted by molar-refractivity contribution is 6.83. The molecule has 0 saturated carbocycles. The highest BCUT2D eigenvalue weighted by atomic mass is 28.3. The summed E-state index contributed by atoms with van der Waals surface area (Å²) >= 11 is 0. The van der Waals surface area contributed by atoms with Crippen LogP contribution in [-0.4, -0.2) is 13.1 Å². The second-order valence-corrected chi connectivity index (χ2v) is 9.00. The fraction of sp³-hybridized carbons (Fsp3) is 0.364. The van der Waals surface area contributed by atoms with E-state index in [0.717, 1.165) is 5.56 Å². The zero-order chi connectivity index (χ0) is 9.90. The Morgan fingerprint density at radius 1 is 1.23 bits per heavy atom. The van der Waals surface area contributed by atoms with Crippen LogP contribution in [0.25, 0.3) is 0 Å². The molecule has 1 rings (SSSR count). The monoisotopic (exact) mass is 189 g/mol. The lowest BCUT2D eigenvalue weighted by atomic mass is 10.2. The summed E-state index contributed by atoms with van der Waals surface area (Å²) < 4.78 is 0. The maximum atomic E-state index is 4.10. The first-order valence-corrected chi connectivity index (χ1v) is 7.92. The Hall–Kier alpha value is -1.07. The van der Waals surface area contributed by atoms with E-state index >= 15 is 0 Å². The standard InChI is InChI=1S/C11H15NSi/c1-10-7-11(9-12-8-10)5-6-13(2,3)4/h7-9H,1-4H3. The molecule has 1 heterocycles. The molecule has 0 amide bonds. The van der Waals surface area contributed by atoms with Gasteiger partial charge in [0.05, 0.1) is 0 Å². The van der Waals surface area contributed by atoms with Crippen LogP contribution in [0.5, 0.6) is 0 Å². The minimum absolute atomic E-state index is 1.03. The SMILES string of the molecule is Cc1cncc(C#C[Si](C)(C)C)c1. The molecule has 0 saturated heterocycles. The van der Waals surface area contributed by atoms with Crippen molar-refractivity contribution in [2.45, 2.75) is 26.6 Å². The van der Waals surface area contributed by atoms with Crippen LogP contribution >= 0.6 is 0 Å². The van der Waals surface area contributed by atoms with Crippen molar-refractivity contribution in [3.63, 3.8) is 0 Å². The van der Waals surface area contributed by atoms with Crippen molar-refractivity contribution in [1.29, 1.82) is 0 Å². The molecule has 0 spiro atoms. The molecule has 0 aliphatic carbocycles. The van der Waals surface area contributed by atoms with Crippen molar-refractivity contribution in [3.05, 3.63) is 29.6 Å². The van der Waals surface area contributed by atoms with Crippen molar-refractivity contribution in [2.75, 3.05) is 0 Å². The summed E-state index contributed by atoms with van der Waals surface area (Å²) in [6, 6.07) is 2.07. The average molecular weight is 189 g/mol. The van der Waals surface area contributed by atoms with Crippen molar-refractivity contribution in [1.82, 2.24) is 4.98 Å². The van der Waals surface area contributed by atoms with Crippen LogP contribution in [0, 0.1) is 18.4 Å². The van der Waals surface area contributed by atoms with Gasteiger partial charge in [0.1, 0.15) is 8.07 Å². The smallest absolute Gasteiger partial charge is 0.129 e. The van der Waals surface area contributed by atoms with Crippen LogP contribution < -0.4 is 0 Å². The van der Waals surface area contributed by atoms with Crippen LogP contribution in [0.2, 0.25) is 19.6 Å². The van der Waals surface area contributed by atoms with Crippen LogP contribution in [0.4, 0.5) is 0 Å². The Kier molecular flexibility index (Phi) is 2.89. The van der Waals surface area contributed by atoms with E-state index in [4.69, 9.17) is 0 Å². The Morgan fingerprint density at radius 3 is 2.46 bits per heavy atom. The van der Waals surface area contributed by atoms with Crippen LogP contribution in [0.1, 0.15) is 11.1 Å². The van der Waals surface area contributed by atoms with Gasteiger partial charge >= 0.3 is 0 Å². The topological polar surface area (TPSA) is 12.9 Å².